The van der Waals surface area contributed by atoms with Crippen molar-refractivity contribution in [3.8, 4) is 11.5 Å². The van der Waals surface area contributed by atoms with Crippen LogP contribution in [0.2, 0.25) is 0 Å². The van der Waals surface area contributed by atoms with Crippen LogP contribution < -0.4 is 14.9 Å². The van der Waals surface area contributed by atoms with E-state index < -0.39 is 0 Å². The quantitative estimate of drug-likeness (QED) is 0.879. The van der Waals surface area contributed by atoms with Crippen LogP contribution in [0.25, 0.3) is 0 Å². The van der Waals surface area contributed by atoms with Crippen molar-refractivity contribution in [2.75, 3.05) is 24.9 Å². The van der Waals surface area contributed by atoms with E-state index in [1.807, 2.05) is 0 Å². The van der Waals surface area contributed by atoms with Gasteiger partial charge in [-0.2, -0.15) is 0 Å². The second-order valence-corrected chi connectivity index (χ2v) is 5.94. The highest BCUT2D eigenvalue weighted by molar-refractivity contribution is 7.98. The fourth-order valence-corrected chi connectivity index (χ4v) is 3.14. The number of ether oxygens (including phenoxy) is 2. The van der Waals surface area contributed by atoms with E-state index in [4.69, 9.17) is 9.47 Å². The van der Waals surface area contributed by atoms with Gasteiger partial charge in [-0.25, -0.2) is 0 Å². The molecule has 0 fully saturated rings. The van der Waals surface area contributed by atoms with Gasteiger partial charge < -0.3 is 14.9 Å². The van der Waals surface area contributed by atoms with Crippen LogP contribution in [0.1, 0.15) is 17.0 Å². The molecule has 0 amide bonds. The van der Waals surface area contributed by atoms with Gasteiger partial charge in [0.25, 0.3) is 0 Å². The molecule has 1 aromatic carbocycles. The maximum absolute atomic E-state index is 5.68. The van der Waals surface area contributed by atoms with Gasteiger partial charge in [0, 0.05) is 16.3 Å². The van der Waals surface area contributed by atoms with Crippen LogP contribution in [0.15, 0.2) is 29.2 Å². The van der Waals surface area contributed by atoms with Gasteiger partial charge in [0.15, 0.2) is 11.5 Å². The molecule has 1 aromatic heterocycles. The summed E-state index contributed by atoms with van der Waals surface area (Å²) in [6, 6.07) is 8.39. The highest BCUT2D eigenvalue weighted by Crippen LogP contribution is 2.36. The molecule has 4 nitrogen and oxygen atoms in total. The monoisotopic (exact) mass is 304 g/mol. The zero-order valence-electron chi connectivity index (χ0n) is 12.6. The molecule has 0 unspecified atom stereocenters. The first-order chi connectivity index (χ1) is 10.2. The zero-order chi connectivity index (χ0) is 14.8. The molecule has 0 radical (unpaired) electrons. The number of hydrogen-bond donors (Lipinski definition) is 1. The molecular formula is C16H20N2O2S. The van der Waals surface area contributed by atoms with Gasteiger partial charge in [-0.05, 0) is 49.9 Å². The molecule has 0 atom stereocenters. The predicted octanol–water partition coefficient (Wildman–Crippen LogP) is 3.34. The Kier molecular flexibility index (Phi) is 4.01. The average Bonchev–Trinajstić information content (AvgIpc) is 2.83. The summed E-state index contributed by atoms with van der Waals surface area (Å²) in [6.45, 7) is 6.19. The van der Waals surface area contributed by atoms with Crippen LogP contribution in [0.3, 0.4) is 0 Å². The fourth-order valence-electron chi connectivity index (χ4n) is 2.52. The number of aromatic nitrogens is 1. The van der Waals surface area contributed by atoms with Gasteiger partial charge in [0.2, 0.25) is 0 Å². The lowest BCUT2D eigenvalue weighted by Gasteiger charge is -2.21. The third kappa shape index (κ3) is 2.83. The minimum Gasteiger partial charge on any atom is -0.486 e. The molecule has 2 aromatic rings. The summed E-state index contributed by atoms with van der Waals surface area (Å²) in [4.78, 5) is 1.22. The maximum Gasteiger partial charge on any atom is 0.162 e. The van der Waals surface area contributed by atoms with Crippen molar-refractivity contribution in [1.82, 2.24) is 4.68 Å². The van der Waals surface area contributed by atoms with E-state index in [9.17, 15) is 0 Å². The van der Waals surface area contributed by atoms with Crippen molar-refractivity contribution in [2.45, 2.75) is 25.3 Å². The van der Waals surface area contributed by atoms with Crippen molar-refractivity contribution < 1.29 is 9.47 Å². The molecule has 1 aliphatic rings. The number of nitrogens with one attached hydrogen (secondary N) is 1. The lowest BCUT2D eigenvalue weighted by molar-refractivity contribution is 0.171. The predicted molar refractivity (Wildman–Crippen MR) is 86.2 cm³/mol. The van der Waals surface area contributed by atoms with Gasteiger partial charge in [0.05, 0.1) is 6.54 Å². The molecule has 0 saturated heterocycles. The number of rotatable bonds is 4. The van der Waals surface area contributed by atoms with Crippen LogP contribution >= 0.6 is 11.8 Å². The Bertz CT molecular complexity index is 632. The summed E-state index contributed by atoms with van der Waals surface area (Å²) in [7, 11) is 0. The Morgan fingerprint density at radius 1 is 1.10 bits per heavy atom. The fraction of sp³-hybridized carbons (Fsp3) is 0.375. The smallest absolute Gasteiger partial charge is 0.162 e. The Labute approximate surface area is 129 Å². The van der Waals surface area contributed by atoms with E-state index in [2.05, 4.69) is 54.5 Å². The number of nitrogens with zero attached hydrogens (tertiary/aromatic N) is 1. The third-order valence-corrected chi connectivity index (χ3v) is 4.46. The molecule has 21 heavy (non-hydrogen) atoms. The number of benzene rings is 1. The Morgan fingerprint density at radius 2 is 1.71 bits per heavy atom. The number of aryl methyl sites for hydroxylation is 2. The van der Waals surface area contributed by atoms with Gasteiger partial charge in [-0.3, -0.25) is 4.68 Å². The van der Waals surface area contributed by atoms with E-state index in [0.29, 0.717) is 13.2 Å². The molecule has 112 valence electrons. The van der Waals surface area contributed by atoms with Gasteiger partial charge in [-0.15, -0.1) is 11.8 Å². The molecule has 0 spiro atoms. The van der Waals surface area contributed by atoms with Crippen LogP contribution in [-0.2, 0) is 6.54 Å². The molecule has 0 saturated carbocycles. The Morgan fingerprint density at radius 3 is 2.33 bits per heavy atom. The lowest BCUT2D eigenvalue weighted by atomic mass is 10.2. The minimum atomic E-state index is 0.619. The standard InChI is InChI=1S/C16H20N2O2S/c1-11-4-5-12(2)18(11)17-10-13-8-14-15(9-16(13)21-3)20-7-6-19-14/h4-5,8-9,17H,6-7,10H2,1-3H3. The van der Waals surface area contributed by atoms with E-state index in [0.717, 1.165) is 18.0 Å². The van der Waals surface area contributed by atoms with Crippen molar-refractivity contribution in [3.05, 3.63) is 41.2 Å². The van der Waals surface area contributed by atoms with Crippen LogP contribution in [0.4, 0.5) is 0 Å². The number of hydrogen-bond acceptors (Lipinski definition) is 4. The van der Waals surface area contributed by atoms with E-state index in [1.54, 1.807) is 11.8 Å². The first-order valence-electron chi connectivity index (χ1n) is 7.04. The molecule has 1 aliphatic heterocycles. The van der Waals surface area contributed by atoms with Crippen molar-refractivity contribution in [2.24, 2.45) is 0 Å². The lowest BCUT2D eigenvalue weighted by Crippen LogP contribution is -2.19. The molecule has 3 rings (SSSR count). The molecule has 0 aliphatic carbocycles. The second kappa shape index (κ2) is 5.93. The van der Waals surface area contributed by atoms with Gasteiger partial charge in [0.1, 0.15) is 13.2 Å². The third-order valence-electron chi connectivity index (χ3n) is 3.64. The van der Waals surface area contributed by atoms with E-state index in [1.165, 1.54) is 21.8 Å². The van der Waals surface area contributed by atoms with Crippen LogP contribution in [-0.4, -0.2) is 24.1 Å². The van der Waals surface area contributed by atoms with Crippen LogP contribution in [0.5, 0.6) is 11.5 Å². The summed E-state index contributed by atoms with van der Waals surface area (Å²) in [5.74, 6) is 1.69. The highest BCUT2D eigenvalue weighted by atomic mass is 32.2. The topological polar surface area (TPSA) is 35.4 Å². The van der Waals surface area contributed by atoms with Crippen molar-refractivity contribution >= 4 is 11.8 Å². The Hall–Kier alpha value is -1.75. The molecule has 0 bridgehead atoms. The van der Waals surface area contributed by atoms with Gasteiger partial charge in [-0.1, -0.05) is 0 Å². The molecule has 2 heterocycles. The summed E-state index contributed by atoms with van der Waals surface area (Å²) in [5, 5.41) is 0. The molecule has 5 heteroatoms. The van der Waals surface area contributed by atoms with Crippen molar-refractivity contribution in [3.63, 3.8) is 0 Å². The van der Waals surface area contributed by atoms with Crippen LogP contribution in [0, 0.1) is 13.8 Å². The first-order valence-corrected chi connectivity index (χ1v) is 8.27. The largest absolute Gasteiger partial charge is 0.486 e. The highest BCUT2D eigenvalue weighted by Gasteiger charge is 2.15. The van der Waals surface area contributed by atoms with E-state index in [-0.39, 0.29) is 0 Å². The first kappa shape index (κ1) is 14.2. The normalized spacial score (nSPS) is 13.3. The second-order valence-electron chi connectivity index (χ2n) is 5.09. The summed E-state index contributed by atoms with van der Waals surface area (Å²) in [6.07, 6.45) is 2.08. The number of thioether (sulfide) groups is 1. The summed E-state index contributed by atoms with van der Waals surface area (Å²) >= 11 is 1.73. The minimum absolute atomic E-state index is 0.619. The van der Waals surface area contributed by atoms with Gasteiger partial charge >= 0.3 is 0 Å². The Balaban J connectivity index is 1.84. The molecular weight excluding hydrogens is 284 g/mol. The number of fused-ring (bicyclic) bond motifs is 1. The maximum atomic E-state index is 5.68. The summed E-state index contributed by atoms with van der Waals surface area (Å²) < 4.78 is 13.4. The van der Waals surface area contributed by atoms with Crippen molar-refractivity contribution in [1.29, 1.82) is 0 Å². The summed E-state index contributed by atoms with van der Waals surface area (Å²) in [5.41, 5.74) is 7.10. The zero-order valence-corrected chi connectivity index (χ0v) is 13.4. The average molecular weight is 304 g/mol. The molecule has 1 N–H and O–H groups in total. The SMILES string of the molecule is CSc1cc2c(cc1CNn1c(C)ccc1C)OCCO2. The van der Waals surface area contributed by atoms with E-state index >= 15 is 0 Å².